The van der Waals surface area contributed by atoms with E-state index in [9.17, 15) is 9.90 Å². The van der Waals surface area contributed by atoms with Crippen molar-refractivity contribution in [3.63, 3.8) is 0 Å². The van der Waals surface area contributed by atoms with E-state index in [1.807, 2.05) is 41.8 Å². The lowest BCUT2D eigenvalue weighted by Crippen LogP contribution is -2.37. The van der Waals surface area contributed by atoms with Gasteiger partial charge in [-0.05, 0) is 48.6 Å². The average Bonchev–Trinajstić information content (AvgIpc) is 3.24. The lowest BCUT2D eigenvalue weighted by Gasteiger charge is -2.28. The smallest absolute Gasteiger partial charge is 0.230 e. The van der Waals surface area contributed by atoms with Crippen molar-refractivity contribution < 1.29 is 14.6 Å². The predicted octanol–water partition coefficient (Wildman–Crippen LogP) is 3.99. The van der Waals surface area contributed by atoms with Crippen LogP contribution in [-0.2, 0) is 11.3 Å². The third kappa shape index (κ3) is 3.97. The number of amides is 1. The number of anilines is 1. The van der Waals surface area contributed by atoms with Crippen LogP contribution < -0.4 is 9.64 Å². The van der Waals surface area contributed by atoms with Crippen LogP contribution in [0.4, 0.5) is 5.69 Å². The highest BCUT2D eigenvalue weighted by atomic mass is 32.1. The Labute approximate surface area is 146 Å². The number of benzene rings is 1. The van der Waals surface area contributed by atoms with Gasteiger partial charge < -0.3 is 14.7 Å². The van der Waals surface area contributed by atoms with E-state index in [0.29, 0.717) is 19.4 Å². The van der Waals surface area contributed by atoms with Crippen molar-refractivity contribution in [2.24, 2.45) is 0 Å². The number of hydrogen-bond acceptors (Lipinski definition) is 4. The van der Waals surface area contributed by atoms with Gasteiger partial charge in [0, 0.05) is 10.6 Å². The lowest BCUT2D eigenvalue weighted by atomic mass is 9.97. The molecule has 0 unspecified atom stereocenters. The molecular formula is C19H23NO3S. The van der Waals surface area contributed by atoms with Crippen LogP contribution >= 0.6 is 11.3 Å². The van der Waals surface area contributed by atoms with E-state index >= 15 is 0 Å². The molecule has 1 amide bonds. The molecule has 1 N–H and O–H groups in total. The Morgan fingerprint density at radius 1 is 1.25 bits per heavy atom. The van der Waals surface area contributed by atoms with Gasteiger partial charge in [0.1, 0.15) is 5.75 Å². The normalized spacial score (nSPS) is 16.1. The molecule has 0 bridgehead atoms. The van der Waals surface area contributed by atoms with Gasteiger partial charge in [0.25, 0.3) is 0 Å². The summed E-state index contributed by atoms with van der Waals surface area (Å²) in [5.74, 6) is 0.731. The highest BCUT2D eigenvalue weighted by Crippen LogP contribution is 2.34. The van der Waals surface area contributed by atoms with Gasteiger partial charge in [-0.25, -0.2) is 0 Å². The first-order chi connectivity index (χ1) is 11.6. The van der Waals surface area contributed by atoms with Gasteiger partial charge in [0.15, 0.2) is 0 Å². The molecular weight excluding hydrogens is 322 g/mol. The van der Waals surface area contributed by atoms with Crippen LogP contribution in [-0.4, -0.2) is 23.7 Å². The second-order valence-electron chi connectivity index (χ2n) is 6.37. The molecule has 4 nitrogen and oxygen atoms in total. The number of ether oxygens (including phenoxy) is 1. The summed E-state index contributed by atoms with van der Waals surface area (Å²) in [5.41, 5.74) is -0.00662. The van der Waals surface area contributed by atoms with Crippen molar-refractivity contribution in [1.29, 1.82) is 0 Å². The first kappa shape index (κ1) is 17.0. The van der Waals surface area contributed by atoms with Gasteiger partial charge in [-0.2, -0.15) is 0 Å². The molecule has 0 saturated heterocycles. The minimum absolute atomic E-state index is 0.0297. The Hall–Kier alpha value is -1.85. The highest BCUT2D eigenvalue weighted by Gasteiger charge is 2.35. The fourth-order valence-corrected chi connectivity index (χ4v) is 3.92. The van der Waals surface area contributed by atoms with Gasteiger partial charge in [-0.3, -0.25) is 4.79 Å². The Kier molecular flexibility index (Phi) is 5.21. The molecule has 2 aromatic rings. The summed E-state index contributed by atoms with van der Waals surface area (Å²) < 4.78 is 5.20. The molecule has 128 valence electrons. The topological polar surface area (TPSA) is 49.8 Å². The zero-order valence-corrected chi connectivity index (χ0v) is 14.7. The molecule has 1 aromatic carbocycles. The molecule has 1 aliphatic rings. The van der Waals surface area contributed by atoms with E-state index < -0.39 is 5.60 Å². The average molecular weight is 345 g/mol. The number of carbonyl (C=O) groups excluding carboxylic acids is 1. The summed E-state index contributed by atoms with van der Waals surface area (Å²) in [6.07, 6.45) is 3.61. The van der Waals surface area contributed by atoms with Gasteiger partial charge in [0.05, 0.1) is 25.7 Å². The summed E-state index contributed by atoms with van der Waals surface area (Å²) in [6.45, 7) is 0.527. The number of hydrogen-bond donors (Lipinski definition) is 1. The quantitative estimate of drug-likeness (QED) is 0.861. The molecule has 1 aromatic heterocycles. The van der Waals surface area contributed by atoms with Gasteiger partial charge in [-0.15, -0.1) is 11.3 Å². The highest BCUT2D eigenvalue weighted by molar-refractivity contribution is 7.09. The molecule has 1 heterocycles. The summed E-state index contributed by atoms with van der Waals surface area (Å²) in [7, 11) is 1.62. The maximum Gasteiger partial charge on any atom is 0.230 e. The molecule has 3 rings (SSSR count). The van der Waals surface area contributed by atoms with E-state index in [2.05, 4.69) is 0 Å². The zero-order valence-electron chi connectivity index (χ0n) is 13.9. The lowest BCUT2D eigenvalue weighted by molar-refractivity contribution is -0.123. The van der Waals surface area contributed by atoms with E-state index in [1.54, 1.807) is 23.3 Å². The van der Waals surface area contributed by atoms with Gasteiger partial charge in [0.2, 0.25) is 5.91 Å². The maximum absolute atomic E-state index is 12.9. The largest absolute Gasteiger partial charge is 0.497 e. The third-order valence-electron chi connectivity index (χ3n) is 4.59. The van der Waals surface area contributed by atoms with Crippen LogP contribution in [0.1, 0.15) is 37.0 Å². The van der Waals surface area contributed by atoms with Crippen molar-refractivity contribution in [3.8, 4) is 5.75 Å². The van der Waals surface area contributed by atoms with Crippen LogP contribution in [0, 0.1) is 0 Å². The van der Waals surface area contributed by atoms with Crippen molar-refractivity contribution in [3.05, 3.63) is 46.7 Å². The van der Waals surface area contributed by atoms with Crippen LogP contribution in [0.2, 0.25) is 0 Å². The van der Waals surface area contributed by atoms with Gasteiger partial charge in [-0.1, -0.05) is 18.9 Å². The summed E-state index contributed by atoms with van der Waals surface area (Å²) in [6, 6.07) is 11.5. The molecule has 5 heteroatoms. The second-order valence-corrected chi connectivity index (χ2v) is 7.40. The number of carbonyl (C=O) groups is 1. The molecule has 1 aliphatic carbocycles. The molecule has 1 fully saturated rings. The minimum Gasteiger partial charge on any atom is -0.497 e. The number of nitrogens with zero attached hydrogens (tertiary/aromatic N) is 1. The van der Waals surface area contributed by atoms with Crippen molar-refractivity contribution in [1.82, 2.24) is 0 Å². The minimum atomic E-state index is -0.836. The fraction of sp³-hybridized carbons (Fsp3) is 0.421. The van der Waals surface area contributed by atoms with Crippen molar-refractivity contribution in [2.75, 3.05) is 12.0 Å². The van der Waals surface area contributed by atoms with E-state index in [1.165, 1.54) is 0 Å². The summed E-state index contributed by atoms with van der Waals surface area (Å²) >= 11 is 1.63. The van der Waals surface area contributed by atoms with E-state index in [-0.39, 0.29) is 12.3 Å². The fourth-order valence-electron chi connectivity index (χ4n) is 3.23. The van der Waals surface area contributed by atoms with Crippen molar-refractivity contribution in [2.45, 2.75) is 44.2 Å². The molecule has 0 aliphatic heterocycles. The predicted molar refractivity (Wildman–Crippen MR) is 96.5 cm³/mol. The standard InChI is InChI=1S/C19H23NO3S/c1-23-16-8-6-15(7-9-16)20(14-17-5-4-12-24-17)18(21)13-19(22)10-2-3-11-19/h4-9,12,22H,2-3,10-11,13-14H2,1H3. The van der Waals surface area contributed by atoms with Crippen LogP contribution in [0.25, 0.3) is 0 Å². The van der Waals surface area contributed by atoms with Crippen LogP contribution in [0.5, 0.6) is 5.75 Å². The second kappa shape index (κ2) is 7.36. The first-order valence-electron chi connectivity index (χ1n) is 8.29. The summed E-state index contributed by atoms with van der Waals surface area (Å²) in [5, 5.41) is 12.6. The van der Waals surface area contributed by atoms with Crippen LogP contribution in [0.15, 0.2) is 41.8 Å². The molecule has 0 spiro atoms. The Morgan fingerprint density at radius 3 is 2.54 bits per heavy atom. The number of rotatable bonds is 6. The molecule has 1 saturated carbocycles. The monoisotopic (exact) mass is 345 g/mol. The Bertz CT molecular complexity index is 660. The van der Waals surface area contributed by atoms with Crippen molar-refractivity contribution >= 4 is 22.9 Å². The first-order valence-corrected chi connectivity index (χ1v) is 9.17. The molecule has 0 radical (unpaired) electrons. The maximum atomic E-state index is 12.9. The Balaban J connectivity index is 1.81. The van der Waals surface area contributed by atoms with E-state index in [4.69, 9.17) is 4.74 Å². The van der Waals surface area contributed by atoms with Crippen LogP contribution in [0.3, 0.4) is 0 Å². The summed E-state index contributed by atoms with van der Waals surface area (Å²) in [4.78, 5) is 15.8. The SMILES string of the molecule is COc1ccc(N(Cc2cccs2)C(=O)CC2(O)CCCC2)cc1. The molecule has 24 heavy (non-hydrogen) atoms. The zero-order chi connectivity index (χ0) is 17.0. The van der Waals surface area contributed by atoms with E-state index in [0.717, 1.165) is 29.2 Å². The number of thiophene rings is 1. The Morgan fingerprint density at radius 2 is 1.96 bits per heavy atom. The number of aliphatic hydroxyl groups is 1. The third-order valence-corrected chi connectivity index (χ3v) is 5.45. The van der Waals surface area contributed by atoms with Gasteiger partial charge >= 0.3 is 0 Å². The molecule has 0 atom stereocenters. The number of methoxy groups -OCH3 is 1.